The number of methoxy groups -OCH3 is 1. The predicted octanol–water partition coefficient (Wildman–Crippen LogP) is 2.71. The standard InChI is InChI=1S/C23H35N3O3S/c1-18-16-24(17-19-3-4-21(28-2)15-22(19)29-18)8-7-23(27)26-9-5-20(6-10-26)25-11-13-30-14-12-25/h3-4,15,18,20H,5-14,16-17H2,1-2H3. The maximum absolute atomic E-state index is 12.9. The van der Waals surface area contributed by atoms with E-state index in [-0.39, 0.29) is 6.10 Å². The van der Waals surface area contributed by atoms with E-state index in [4.69, 9.17) is 9.47 Å². The molecule has 1 unspecified atom stereocenters. The van der Waals surface area contributed by atoms with Crippen molar-refractivity contribution in [1.82, 2.24) is 14.7 Å². The van der Waals surface area contributed by atoms with Crippen LogP contribution in [0.2, 0.25) is 0 Å². The molecule has 3 heterocycles. The SMILES string of the molecule is COc1ccc2c(c1)OC(C)CN(CCC(=O)N1CCC(N3CCSCC3)CC1)C2. The number of fused-ring (bicyclic) bond motifs is 1. The summed E-state index contributed by atoms with van der Waals surface area (Å²) in [5.41, 5.74) is 1.16. The van der Waals surface area contributed by atoms with Crippen molar-refractivity contribution in [3.05, 3.63) is 23.8 Å². The van der Waals surface area contributed by atoms with Gasteiger partial charge < -0.3 is 14.4 Å². The predicted molar refractivity (Wildman–Crippen MR) is 121 cm³/mol. The third kappa shape index (κ3) is 5.42. The summed E-state index contributed by atoms with van der Waals surface area (Å²) in [6.45, 7) is 8.77. The van der Waals surface area contributed by atoms with Gasteiger partial charge in [0.1, 0.15) is 17.6 Å². The van der Waals surface area contributed by atoms with E-state index >= 15 is 0 Å². The van der Waals surface area contributed by atoms with Crippen LogP contribution in [0.1, 0.15) is 31.7 Å². The lowest BCUT2D eigenvalue weighted by Crippen LogP contribution is -2.49. The minimum atomic E-state index is 0.0897. The number of piperidine rings is 1. The Hall–Kier alpha value is -1.44. The number of amides is 1. The quantitative estimate of drug-likeness (QED) is 0.712. The molecule has 166 valence electrons. The molecule has 0 aliphatic carbocycles. The average molecular weight is 434 g/mol. The van der Waals surface area contributed by atoms with Gasteiger partial charge in [-0.15, -0.1) is 0 Å². The molecule has 4 rings (SSSR count). The first-order valence-electron chi connectivity index (χ1n) is 11.3. The van der Waals surface area contributed by atoms with Crippen LogP contribution >= 0.6 is 11.8 Å². The number of benzene rings is 1. The van der Waals surface area contributed by atoms with Gasteiger partial charge in [0, 0.05) is 81.4 Å². The van der Waals surface area contributed by atoms with E-state index < -0.39 is 0 Å². The van der Waals surface area contributed by atoms with Gasteiger partial charge in [0.15, 0.2) is 0 Å². The molecule has 0 bridgehead atoms. The van der Waals surface area contributed by atoms with E-state index in [0.717, 1.165) is 62.6 Å². The minimum absolute atomic E-state index is 0.0897. The highest BCUT2D eigenvalue weighted by atomic mass is 32.2. The normalized spacial score (nSPS) is 24.1. The second-order valence-electron chi connectivity index (χ2n) is 8.65. The molecule has 1 aromatic rings. The van der Waals surface area contributed by atoms with Crippen LogP contribution in [0.5, 0.6) is 11.5 Å². The van der Waals surface area contributed by atoms with Gasteiger partial charge in [0.25, 0.3) is 0 Å². The number of thioether (sulfide) groups is 1. The van der Waals surface area contributed by atoms with Gasteiger partial charge >= 0.3 is 0 Å². The van der Waals surface area contributed by atoms with E-state index in [1.54, 1.807) is 7.11 Å². The third-order valence-electron chi connectivity index (χ3n) is 6.53. The number of rotatable bonds is 5. The highest BCUT2D eigenvalue weighted by Crippen LogP contribution is 2.29. The lowest BCUT2D eigenvalue weighted by molar-refractivity contribution is -0.133. The zero-order chi connectivity index (χ0) is 20.9. The number of hydrogen-bond acceptors (Lipinski definition) is 6. The molecule has 0 saturated carbocycles. The molecular formula is C23H35N3O3S. The maximum Gasteiger partial charge on any atom is 0.223 e. The third-order valence-corrected chi connectivity index (χ3v) is 7.48. The molecule has 3 aliphatic heterocycles. The van der Waals surface area contributed by atoms with Crippen LogP contribution in [0.4, 0.5) is 0 Å². The van der Waals surface area contributed by atoms with Gasteiger partial charge in [-0.1, -0.05) is 6.07 Å². The summed E-state index contributed by atoms with van der Waals surface area (Å²) in [7, 11) is 1.67. The molecule has 0 radical (unpaired) electrons. The number of nitrogens with zero attached hydrogens (tertiary/aromatic N) is 3. The molecule has 1 atom stereocenters. The van der Waals surface area contributed by atoms with E-state index in [0.29, 0.717) is 18.4 Å². The molecule has 6 nitrogen and oxygen atoms in total. The Labute approximate surface area is 184 Å². The lowest BCUT2D eigenvalue weighted by Gasteiger charge is -2.40. The largest absolute Gasteiger partial charge is 0.497 e. The summed E-state index contributed by atoms with van der Waals surface area (Å²) in [6, 6.07) is 6.69. The van der Waals surface area contributed by atoms with Gasteiger partial charge in [-0.3, -0.25) is 14.6 Å². The molecule has 2 saturated heterocycles. The number of ether oxygens (including phenoxy) is 2. The van der Waals surface area contributed by atoms with Gasteiger partial charge in [-0.2, -0.15) is 11.8 Å². The summed E-state index contributed by atoms with van der Waals surface area (Å²) in [4.78, 5) is 19.9. The molecular weight excluding hydrogens is 398 g/mol. The summed E-state index contributed by atoms with van der Waals surface area (Å²) in [5.74, 6) is 4.53. The van der Waals surface area contributed by atoms with Crippen molar-refractivity contribution < 1.29 is 14.3 Å². The summed E-state index contributed by atoms with van der Waals surface area (Å²) >= 11 is 2.06. The number of likely N-dealkylation sites (tertiary alicyclic amines) is 1. The van der Waals surface area contributed by atoms with E-state index in [9.17, 15) is 4.79 Å². The zero-order valence-corrected chi connectivity index (χ0v) is 19.2. The second-order valence-corrected chi connectivity index (χ2v) is 9.87. The second kappa shape index (κ2) is 10.2. The Morgan fingerprint density at radius 2 is 1.97 bits per heavy atom. The minimum Gasteiger partial charge on any atom is -0.497 e. The number of carbonyl (C=O) groups is 1. The van der Waals surface area contributed by atoms with Gasteiger partial charge in [-0.25, -0.2) is 0 Å². The highest BCUT2D eigenvalue weighted by molar-refractivity contribution is 7.99. The Bertz CT molecular complexity index is 718. The Morgan fingerprint density at radius 3 is 2.70 bits per heavy atom. The molecule has 7 heteroatoms. The molecule has 2 fully saturated rings. The first kappa shape index (κ1) is 21.8. The molecule has 3 aliphatic rings. The highest BCUT2D eigenvalue weighted by Gasteiger charge is 2.28. The van der Waals surface area contributed by atoms with E-state index in [1.165, 1.54) is 24.6 Å². The van der Waals surface area contributed by atoms with Crippen molar-refractivity contribution >= 4 is 17.7 Å². The van der Waals surface area contributed by atoms with Crippen LogP contribution in [0, 0.1) is 0 Å². The van der Waals surface area contributed by atoms with Crippen LogP contribution in [-0.2, 0) is 11.3 Å². The monoisotopic (exact) mass is 433 g/mol. The summed E-state index contributed by atoms with van der Waals surface area (Å²) in [5, 5.41) is 0. The van der Waals surface area contributed by atoms with Crippen molar-refractivity contribution in [2.45, 2.75) is 44.9 Å². The van der Waals surface area contributed by atoms with Crippen LogP contribution in [-0.4, -0.2) is 90.6 Å². The molecule has 0 aromatic heterocycles. The van der Waals surface area contributed by atoms with Crippen LogP contribution in [0.15, 0.2) is 18.2 Å². The zero-order valence-electron chi connectivity index (χ0n) is 18.3. The Kier molecular flexibility index (Phi) is 7.44. The van der Waals surface area contributed by atoms with Gasteiger partial charge in [0.05, 0.1) is 7.11 Å². The van der Waals surface area contributed by atoms with E-state index in [1.807, 2.05) is 12.1 Å². The average Bonchev–Trinajstić information content (AvgIpc) is 2.95. The van der Waals surface area contributed by atoms with E-state index in [2.05, 4.69) is 39.5 Å². The summed E-state index contributed by atoms with van der Waals surface area (Å²) in [6.07, 6.45) is 2.93. The van der Waals surface area contributed by atoms with Crippen molar-refractivity contribution in [2.75, 3.05) is 57.9 Å². The topological polar surface area (TPSA) is 45.3 Å². The fourth-order valence-corrected chi connectivity index (χ4v) is 5.76. The van der Waals surface area contributed by atoms with Gasteiger partial charge in [0.2, 0.25) is 5.91 Å². The molecule has 0 spiro atoms. The Morgan fingerprint density at radius 1 is 1.20 bits per heavy atom. The van der Waals surface area contributed by atoms with Gasteiger partial charge in [-0.05, 0) is 25.8 Å². The van der Waals surface area contributed by atoms with Crippen LogP contribution in [0.25, 0.3) is 0 Å². The maximum atomic E-state index is 12.9. The number of carbonyl (C=O) groups excluding carboxylic acids is 1. The molecule has 30 heavy (non-hydrogen) atoms. The fraction of sp³-hybridized carbons (Fsp3) is 0.696. The van der Waals surface area contributed by atoms with Crippen LogP contribution in [0.3, 0.4) is 0 Å². The van der Waals surface area contributed by atoms with Crippen molar-refractivity contribution in [1.29, 1.82) is 0 Å². The van der Waals surface area contributed by atoms with Crippen LogP contribution < -0.4 is 9.47 Å². The Balaban J connectivity index is 1.26. The molecule has 0 N–H and O–H groups in total. The summed E-state index contributed by atoms with van der Waals surface area (Å²) < 4.78 is 11.4. The van der Waals surface area contributed by atoms with Crippen molar-refractivity contribution in [3.8, 4) is 11.5 Å². The molecule has 1 amide bonds. The first-order chi connectivity index (χ1) is 14.6. The number of hydrogen-bond donors (Lipinski definition) is 0. The lowest BCUT2D eigenvalue weighted by atomic mass is 10.0. The van der Waals surface area contributed by atoms with Crippen molar-refractivity contribution in [3.63, 3.8) is 0 Å². The smallest absolute Gasteiger partial charge is 0.223 e. The first-order valence-corrected chi connectivity index (χ1v) is 12.4. The van der Waals surface area contributed by atoms with Crippen molar-refractivity contribution in [2.24, 2.45) is 0 Å². The molecule has 1 aromatic carbocycles. The fourth-order valence-electron chi connectivity index (χ4n) is 4.83.